The van der Waals surface area contributed by atoms with Gasteiger partial charge in [0.1, 0.15) is 0 Å². The quantitative estimate of drug-likeness (QED) is 0.765. The Kier molecular flexibility index (Phi) is 3.96. The second kappa shape index (κ2) is 5.86. The largest absolute Gasteiger partial charge is 0.478 e. The van der Waals surface area contributed by atoms with E-state index in [9.17, 15) is 4.79 Å². The highest BCUT2D eigenvalue weighted by atomic mass is 16.4. The maximum atomic E-state index is 10.8. The summed E-state index contributed by atoms with van der Waals surface area (Å²) in [4.78, 5) is 10.8. The highest BCUT2D eigenvalue weighted by molar-refractivity contribution is 5.88. The number of hydrogen-bond donors (Lipinski definition) is 2. The third-order valence-corrected chi connectivity index (χ3v) is 2.56. The van der Waals surface area contributed by atoms with E-state index in [0.29, 0.717) is 5.56 Å². The summed E-state index contributed by atoms with van der Waals surface area (Å²) in [5.41, 5.74) is 1.13. The SMILES string of the molecule is O=C(O)c1cccc(NCCCn2cccn2)c1. The third-order valence-electron chi connectivity index (χ3n) is 2.56. The average molecular weight is 245 g/mol. The summed E-state index contributed by atoms with van der Waals surface area (Å²) in [6, 6.07) is 8.71. The minimum Gasteiger partial charge on any atom is -0.478 e. The van der Waals surface area contributed by atoms with E-state index in [1.807, 2.05) is 23.0 Å². The number of carboxylic acid groups (broad SMARTS) is 1. The molecule has 0 aliphatic rings. The van der Waals surface area contributed by atoms with Gasteiger partial charge in [0.25, 0.3) is 0 Å². The van der Waals surface area contributed by atoms with Crippen molar-refractivity contribution in [1.82, 2.24) is 9.78 Å². The smallest absolute Gasteiger partial charge is 0.335 e. The minimum absolute atomic E-state index is 0.298. The molecule has 0 radical (unpaired) electrons. The molecule has 0 amide bonds. The van der Waals surface area contributed by atoms with Gasteiger partial charge in [0, 0.05) is 31.2 Å². The Bertz CT molecular complexity index is 509. The summed E-state index contributed by atoms with van der Waals surface area (Å²) in [5.74, 6) is -0.907. The fourth-order valence-corrected chi connectivity index (χ4v) is 1.67. The first-order valence-electron chi connectivity index (χ1n) is 5.80. The van der Waals surface area contributed by atoms with Crippen molar-refractivity contribution in [2.75, 3.05) is 11.9 Å². The lowest BCUT2D eigenvalue weighted by Gasteiger charge is -2.07. The van der Waals surface area contributed by atoms with Crippen molar-refractivity contribution < 1.29 is 9.90 Å². The lowest BCUT2D eigenvalue weighted by Crippen LogP contribution is -2.07. The maximum Gasteiger partial charge on any atom is 0.335 e. The number of nitrogens with one attached hydrogen (secondary N) is 1. The standard InChI is InChI=1S/C13H15N3O2/c17-13(18)11-4-1-5-12(10-11)14-6-2-8-16-9-3-7-15-16/h1,3-5,7,9-10,14H,2,6,8H2,(H,17,18). The van der Waals surface area contributed by atoms with Crippen LogP contribution in [-0.2, 0) is 6.54 Å². The van der Waals surface area contributed by atoms with Crippen LogP contribution in [0.15, 0.2) is 42.7 Å². The van der Waals surface area contributed by atoms with Crippen LogP contribution in [0.2, 0.25) is 0 Å². The summed E-state index contributed by atoms with van der Waals surface area (Å²) in [5, 5.41) is 16.2. The van der Waals surface area contributed by atoms with E-state index >= 15 is 0 Å². The van der Waals surface area contributed by atoms with E-state index < -0.39 is 5.97 Å². The molecule has 0 fully saturated rings. The number of rotatable bonds is 6. The Morgan fingerprint density at radius 3 is 3.00 bits per heavy atom. The van der Waals surface area contributed by atoms with Crippen LogP contribution in [0.25, 0.3) is 0 Å². The van der Waals surface area contributed by atoms with E-state index in [-0.39, 0.29) is 0 Å². The first kappa shape index (κ1) is 12.2. The van der Waals surface area contributed by atoms with Crippen molar-refractivity contribution >= 4 is 11.7 Å². The van der Waals surface area contributed by atoms with Gasteiger partial charge in [0.2, 0.25) is 0 Å². The van der Waals surface area contributed by atoms with Crippen molar-refractivity contribution in [1.29, 1.82) is 0 Å². The Balaban J connectivity index is 1.79. The number of aromatic carboxylic acids is 1. The Morgan fingerprint density at radius 2 is 2.28 bits per heavy atom. The molecular formula is C13H15N3O2. The zero-order valence-electron chi connectivity index (χ0n) is 9.91. The van der Waals surface area contributed by atoms with Gasteiger partial charge in [-0.2, -0.15) is 5.10 Å². The summed E-state index contributed by atoms with van der Waals surface area (Å²) >= 11 is 0. The van der Waals surface area contributed by atoms with E-state index in [1.165, 1.54) is 0 Å². The summed E-state index contributed by atoms with van der Waals surface area (Å²) in [7, 11) is 0. The van der Waals surface area contributed by atoms with E-state index in [2.05, 4.69) is 10.4 Å². The summed E-state index contributed by atoms with van der Waals surface area (Å²) in [6.45, 7) is 1.63. The molecule has 0 aliphatic carbocycles. The number of carboxylic acids is 1. The minimum atomic E-state index is -0.907. The second-order valence-electron chi connectivity index (χ2n) is 3.94. The number of aryl methyl sites for hydroxylation is 1. The van der Waals surface area contributed by atoms with Crippen LogP contribution < -0.4 is 5.32 Å². The number of carbonyl (C=O) groups is 1. The number of nitrogens with zero attached hydrogens (tertiary/aromatic N) is 2. The van der Waals surface area contributed by atoms with E-state index in [4.69, 9.17) is 5.11 Å². The van der Waals surface area contributed by atoms with E-state index in [0.717, 1.165) is 25.2 Å². The molecule has 0 bridgehead atoms. The van der Waals surface area contributed by atoms with Gasteiger partial charge in [0.15, 0.2) is 0 Å². The molecule has 2 rings (SSSR count). The molecule has 1 aromatic carbocycles. The fourth-order valence-electron chi connectivity index (χ4n) is 1.67. The summed E-state index contributed by atoms with van der Waals surface area (Å²) in [6.07, 6.45) is 4.60. The number of aromatic nitrogens is 2. The van der Waals surface area contributed by atoms with Crippen LogP contribution in [0, 0.1) is 0 Å². The lowest BCUT2D eigenvalue weighted by molar-refractivity contribution is 0.0697. The van der Waals surface area contributed by atoms with Gasteiger partial charge in [-0.3, -0.25) is 4.68 Å². The molecule has 5 nitrogen and oxygen atoms in total. The second-order valence-corrected chi connectivity index (χ2v) is 3.94. The lowest BCUT2D eigenvalue weighted by atomic mass is 10.2. The highest BCUT2D eigenvalue weighted by Gasteiger charge is 2.02. The predicted molar refractivity (Wildman–Crippen MR) is 68.7 cm³/mol. The summed E-state index contributed by atoms with van der Waals surface area (Å²) < 4.78 is 1.87. The molecular weight excluding hydrogens is 230 g/mol. The average Bonchev–Trinajstić information content (AvgIpc) is 2.88. The Morgan fingerprint density at radius 1 is 1.39 bits per heavy atom. The van der Waals surface area contributed by atoms with Crippen LogP contribution in [0.3, 0.4) is 0 Å². The van der Waals surface area contributed by atoms with Crippen LogP contribution in [-0.4, -0.2) is 27.4 Å². The third kappa shape index (κ3) is 3.35. The molecule has 0 spiro atoms. The molecule has 94 valence electrons. The van der Waals surface area contributed by atoms with Crippen LogP contribution >= 0.6 is 0 Å². The molecule has 0 atom stereocenters. The van der Waals surface area contributed by atoms with Gasteiger partial charge >= 0.3 is 5.97 Å². The van der Waals surface area contributed by atoms with Crippen molar-refractivity contribution in [2.45, 2.75) is 13.0 Å². The zero-order valence-corrected chi connectivity index (χ0v) is 9.91. The first-order chi connectivity index (χ1) is 8.75. The fraction of sp³-hybridized carbons (Fsp3) is 0.231. The molecule has 0 saturated heterocycles. The number of anilines is 1. The molecule has 1 heterocycles. The van der Waals surface area contributed by atoms with E-state index in [1.54, 1.807) is 24.4 Å². The molecule has 0 aliphatic heterocycles. The molecule has 1 aromatic heterocycles. The predicted octanol–water partition coefficient (Wildman–Crippen LogP) is 2.08. The first-order valence-corrected chi connectivity index (χ1v) is 5.80. The van der Waals surface area contributed by atoms with Crippen molar-refractivity contribution in [3.05, 3.63) is 48.3 Å². The topological polar surface area (TPSA) is 67.2 Å². The molecule has 0 saturated carbocycles. The van der Waals surface area contributed by atoms with Gasteiger partial charge in [-0.05, 0) is 30.7 Å². The van der Waals surface area contributed by atoms with Crippen molar-refractivity contribution in [3.63, 3.8) is 0 Å². The zero-order chi connectivity index (χ0) is 12.8. The van der Waals surface area contributed by atoms with Crippen molar-refractivity contribution in [2.24, 2.45) is 0 Å². The van der Waals surface area contributed by atoms with Crippen LogP contribution in [0.5, 0.6) is 0 Å². The number of hydrogen-bond acceptors (Lipinski definition) is 3. The molecule has 5 heteroatoms. The van der Waals surface area contributed by atoms with Gasteiger partial charge in [-0.15, -0.1) is 0 Å². The monoisotopic (exact) mass is 245 g/mol. The van der Waals surface area contributed by atoms with Crippen molar-refractivity contribution in [3.8, 4) is 0 Å². The Labute approximate surface area is 105 Å². The van der Waals surface area contributed by atoms with Crippen LogP contribution in [0.1, 0.15) is 16.8 Å². The van der Waals surface area contributed by atoms with Gasteiger partial charge in [0.05, 0.1) is 5.56 Å². The molecule has 2 aromatic rings. The highest BCUT2D eigenvalue weighted by Crippen LogP contribution is 2.10. The van der Waals surface area contributed by atoms with Crippen LogP contribution in [0.4, 0.5) is 5.69 Å². The normalized spacial score (nSPS) is 10.2. The maximum absolute atomic E-state index is 10.8. The molecule has 18 heavy (non-hydrogen) atoms. The molecule has 0 unspecified atom stereocenters. The van der Waals surface area contributed by atoms with Gasteiger partial charge in [-0.1, -0.05) is 6.07 Å². The van der Waals surface area contributed by atoms with Gasteiger partial charge in [-0.25, -0.2) is 4.79 Å². The molecule has 2 N–H and O–H groups in total. The number of benzene rings is 1. The Hall–Kier alpha value is -2.30. The van der Waals surface area contributed by atoms with Gasteiger partial charge < -0.3 is 10.4 Å².